The predicted octanol–water partition coefficient (Wildman–Crippen LogP) is -0.215. The lowest BCUT2D eigenvalue weighted by Crippen LogP contribution is -2.31. The molecule has 0 aliphatic heterocycles. The number of carboxylic acid groups (broad SMARTS) is 2. The summed E-state index contributed by atoms with van der Waals surface area (Å²) in [6.07, 6.45) is 1.62. The van der Waals surface area contributed by atoms with Gasteiger partial charge in [0.05, 0.1) is 12.3 Å². The number of nitrogens with one attached hydrogen (secondary N) is 1. The third-order valence-corrected chi connectivity index (χ3v) is 1.59. The van der Waals surface area contributed by atoms with Gasteiger partial charge in [-0.2, -0.15) is 0 Å². The Morgan fingerprint density at radius 3 is 2.56 bits per heavy atom. The zero-order valence-electron chi connectivity index (χ0n) is 7.95. The van der Waals surface area contributed by atoms with Crippen LogP contribution in [0.5, 0.6) is 0 Å². The van der Waals surface area contributed by atoms with Crippen molar-refractivity contribution in [1.82, 2.24) is 0 Å². The van der Waals surface area contributed by atoms with Gasteiger partial charge in [-0.15, -0.1) is 0 Å². The van der Waals surface area contributed by atoms with E-state index in [4.69, 9.17) is 10.2 Å². The minimum Gasteiger partial charge on any atom is -0.711 e. The Balaban J connectivity index is 2.98. The van der Waals surface area contributed by atoms with Crippen molar-refractivity contribution in [1.29, 1.82) is 0 Å². The average molecular weight is 224 g/mol. The lowest BCUT2D eigenvalue weighted by atomic mass is 10.3. The van der Waals surface area contributed by atoms with Crippen LogP contribution < -0.4 is 10.0 Å². The molecule has 0 saturated carbocycles. The summed E-state index contributed by atoms with van der Waals surface area (Å²) in [4.78, 5) is 21.0. The van der Waals surface area contributed by atoms with Crippen molar-refractivity contribution in [2.24, 2.45) is 0 Å². The van der Waals surface area contributed by atoms with Crippen molar-refractivity contribution in [3.63, 3.8) is 0 Å². The molecule has 0 bridgehead atoms. The molecule has 0 aromatic carbocycles. The molecule has 0 aliphatic carbocycles. The largest absolute Gasteiger partial charge is 0.711 e. The molecule has 1 rings (SSSR count). The smallest absolute Gasteiger partial charge is 0.376 e. The first-order chi connectivity index (χ1) is 7.50. The number of nitrogens with zero attached hydrogens (tertiary/aromatic N) is 1. The molecule has 0 aliphatic rings. The summed E-state index contributed by atoms with van der Waals surface area (Å²) in [7, 11) is 0. The van der Waals surface area contributed by atoms with Crippen molar-refractivity contribution in [2.75, 3.05) is 5.32 Å². The molecule has 1 heterocycles. The third-order valence-electron chi connectivity index (χ3n) is 1.59. The lowest BCUT2D eigenvalue weighted by molar-refractivity contribution is -0.590. The van der Waals surface area contributed by atoms with Crippen molar-refractivity contribution in [3.8, 4) is 0 Å². The molecule has 84 valence electrons. The van der Waals surface area contributed by atoms with Gasteiger partial charge >= 0.3 is 11.9 Å². The van der Waals surface area contributed by atoms with E-state index in [-0.39, 0.29) is 5.82 Å². The number of hydrogen-bond acceptors (Lipinski definition) is 4. The van der Waals surface area contributed by atoms with Crippen LogP contribution in [0.15, 0.2) is 36.2 Å². The molecule has 1 aromatic heterocycles. The molecule has 16 heavy (non-hydrogen) atoms. The number of carbonyl (C=O) groups is 2. The van der Waals surface area contributed by atoms with Gasteiger partial charge in [-0.25, -0.2) is 19.6 Å². The summed E-state index contributed by atoms with van der Waals surface area (Å²) in [5, 5.41) is 30.4. The average Bonchev–Trinajstić information content (AvgIpc) is 2.19. The molecule has 7 nitrogen and oxygen atoms in total. The topological polar surface area (TPSA) is 114 Å². The number of carboxylic acids is 2. The summed E-state index contributed by atoms with van der Waals surface area (Å²) in [6, 6.07) is 4.29. The van der Waals surface area contributed by atoms with Gasteiger partial charge in [0.25, 0.3) is 5.82 Å². The highest BCUT2D eigenvalue weighted by Crippen LogP contribution is 2.03. The van der Waals surface area contributed by atoms with Crippen LogP contribution in [-0.4, -0.2) is 22.2 Å². The third kappa shape index (κ3) is 2.98. The highest BCUT2D eigenvalue weighted by atomic mass is 16.5. The molecular weight excluding hydrogens is 216 g/mol. The van der Waals surface area contributed by atoms with Gasteiger partial charge in [-0.05, 0) is 6.07 Å². The Morgan fingerprint density at radius 1 is 1.38 bits per heavy atom. The Labute approximate surface area is 89.8 Å². The van der Waals surface area contributed by atoms with Crippen molar-refractivity contribution < 1.29 is 24.5 Å². The monoisotopic (exact) mass is 224 g/mol. The standard InChI is InChI=1S/C9H8N2O5/c12-8(13)5-6(9(14)15)10-7-3-1-2-4-11(7)16/h1-5,10H,(H,12,13)(H,14,15)/b6-5-. The second-order valence-corrected chi connectivity index (χ2v) is 2.74. The van der Waals surface area contributed by atoms with E-state index in [9.17, 15) is 14.8 Å². The van der Waals surface area contributed by atoms with Gasteiger partial charge < -0.3 is 15.4 Å². The molecule has 3 N–H and O–H groups in total. The van der Waals surface area contributed by atoms with Crippen LogP contribution in [0.25, 0.3) is 0 Å². The van der Waals surface area contributed by atoms with Gasteiger partial charge in [-0.1, -0.05) is 6.07 Å². The Morgan fingerprint density at radius 2 is 2.06 bits per heavy atom. The van der Waals surface area contributed by atoms with Crippen LogP contribution in [0.1, 0.15) is 0 Å². The zero-order valence-corrected chi connectivity index (χ0v) is 7.95. The molecule has 7 heteroatoms. The zero-order chi connectivity index (χ0) is 12.1. The first kappa shape index (κ1) is 11.5. The van der Waals surface area contributed by atoms with Gasteiger partial charge in [0.2, 0.25) is 5.70 Å². The van der Waals surface area contributed by atoms with E-state index in [0.717, 1.165) is 6.20 Å². The molecule has 0 atom stereocenters. The van der Waals surface area contributed by atoms with E-state index < -0.39 is 17.6 Å². The maximum atomic E-state index is 11.1. The van der Waals surface area contributed by atoms with E-state index >= 15 is 0 Å². The molecular formula is C9H8N2O5. The summed E-state index contributed by atoms with van der Waals surface area (Å²) in [5.74, 6) is -2.96. The van der Waals surface area contributed by atoms with Crippen molar-refractivity contribution in [3.05, 3.63) is 41.4 Å². The number of hydrogen-bond donors (Lipinski definition) is 3. The molecule has 0 unspecified atom stereocenters. The quantitative estimate of drug-likeness (QED) is 0.370. The van der Waals surface area contributed by atoms with Crippen molar-refractivity contribution in [2.45, 2.75) is 0 Å². The minimum absolute atomic E-state index is 0.0719. The van der Waals surface area contributed by atoms with Crippen LogP contribution in [0, 0.1) is 5.21 Å². The first-order valence-electron chi connectivity index (χ1n) is 4.14. The fraction of sp³-hybridized carbons (Fsp3) is 0. The Kier molecular flexibility index (Phi) is 3.44. The predicted molar refractivity (Wildman–Crippen MR) is 52.4 cm³/mol. The van der Waals surface area contributed by atoms with E-state index in [1.54, 1.807) is 0 Å². The highest BCUT2D eigenvalue weighted by molar-refractivity contribution is 5.96. The van der Waals surface area contributed by atoms with E-state index in [1.165, 1.54) is 18.2 Å². The maximum Gasteiger partial charge on any atom is 0.376 e. The fourth-order valence-corrected chi connectivity index (χ4v) is 0.938. The highest BCUT2D eigenvalue weighted by Gasteiger charge is 2.16. The number of aromatic nitrogens is 1. The van der Waals surface area contributed by atoms with Gasteiger partial charge in [0.1, 0.15) is 0 Å². The number of rotatable bonds is 4. The molecule has 0 radical (unpaired) electrons. The molecule has 0 spiro atoms. The summed E-state index contributed by atoms with van der Waals surface area (Å²) < 4.78 is 0.388. The maximum absolute atomic E-state index is 11.1. The summed E-state index contributed by atoms with van der Waals surface area (Å²) in [5.41, 5.74) is -0.594. The van der Waals surface area contributed by atoms with E-state index in [2.05, 4.69) is 5.32 Å². The molecule has 0 saturated heterocycles. The van der Waals surface area contributed by atoms with Crippen LogP contribution >= 0.6 is 0 Å². The summed E-state index contributed by atoms with van der Waals surface area (Å²) >= 11 is 0. The van der Waals surface area contributed by atoms with Crippen LogP contribution in [0.3, 0.4) is 0 Å². The van der Waals surface area contributed by atoms with Crippen LogP contribution in [0.4, 0.5) is 5.82 Å². The fourth-order valence-electron chi connectivity index (χ4n) is 0.938. The Hall–Kier alpha value is -2.57. The van der Waals surface area contributed by atoms with Gasteiger partial charge in [0.15, 0.2) is 0 Å². The molecule has 0 fully saturated rings. The lowest BCUT2D eigenvalue weighted by Gasteiger charge is -2.07. The number of pyridine rings is 1. The van der Waals surface area contributed by atoms with E-state index in [0.29, 0.717) is 10.8 Å². The van der Waals surface area contributed by atoms with Crippen molar-refractivity contribution >= 4 is 17.8 Å². The van der Waals surface area contributed by atoms with Crippen LogP contribution in [-0.2, 0) is 9.59 Å². The normalized spacial score (nSPS) is 10.9. The minimum atomic E-state index is -1.47. The number of anilines is 1. The van der Waals surface area contributed by atoms with E-state index in [1.807, 2.05) is 0 Å². The second-order valence-electron chi connectivity index (χ2n) is 2.74. The summed E-state index contributed by atoms with van der Waals surface area (Å²) in [6.45, 7) is 0. The van der Waals surface area contributed by atoms with Gasteiger partial charge in [0, 0.05) is 6.07 Å². The second kappa shape index (κ2) is 4.78. The first-order valence-corrected chi connectivity index (χ1v) is 4.14. The molecule has 1 aromatic rings. The number of aliphatic carboxylic acids is 2. The van der Waals surface area contributed by atoms with Gasteiger partial charge in [-0.3, -0.25) is 0 Å². The molecule has 0 amide bonds. The SMILES string of the molecule is O=C(O)/C=C(\Nc1cccc[n+]1[O-])C(=O)O. The Bertz CT molecular complexity index is 455. The van der Waals surface area contributed by atoms with Crippen LogP contribution in [0.2, 0.25) is 0 Å².